The quantitative estimate of drug-likeness (QED) is 0.147. The zero-order valence-electron chi connectivity index (χ0n) is 34.7. The van der Waals surface area contributed by atoms with E-state index in [1.807, 2.05) is 24.3 Å². The standard InChI is InChI=1S/C62H38F2/c63-49-22-10-37(11-23-49)51-26-14-39-20-32-57-53(28-16-41-18-30-55(51)59(39)61(41)57)47-8-2-6-45(35-47)43-4-1-5-44(34-43)46-7-3-9-48(36-46)54-29-17-42-19-31-56-52(38-12-24-50(64)25-13-38)27-15-40-21-33-58(54)62(42)60(40)56/h1-14,16-36,40H,15H2. The van der Waals surface area contributed by atoms with Crippen molar-refractivity contribution in [3.63, 3.8) is 0 Å². The molecule has 0 heterocycles. The van der Waals surface area contributed by atoms with Crippen molar-refractivity contribution in [3.8, 4) is 55.6 Å². The molecule has 0 nitrogen and oxygen atoms in total. The second kappa shape index (κ2) is 14.3. The summed E-state index contributed by atoms with van der Waals surface area (Å²) in [6.07, 6.45) is 7.95. The van der Waals surface area contributed by atoms with Crippen LogP contribution in [0.3, 0.4) is 0 Å². The third-order valence-corrected chi connectivity index (χ3v) is 13.9. The van der Waals surface area contributed by atoms with Gasteiger partial charge in [-0.1, -0.05) is 170 Å². The topological polar surface area (TPSA) is 0 Å². The molecule has 64 heavy (non-hydrogen) atoms. The lowest BCUT2D eigenvalue weighted by molar-refractivity contribution is 0.627. The van der Waals surface area contributed by atoms with Crippen molar-refractivity contribution in [3.05, 3.63) is 240 Å². The third-order valence-electron chi connectivity index (χ3n) is 13.9. The van der Waals surface area contributed by atoms with Gasteiger partial charge in [0.15, 0.2) is 0 Å². The lowest BCUT2D eigenvalue weighted by Crippen LogP contribution is -2.10. The zero-order valence-corrected chi connectivity index (χ0v) is 34.7. The molecule has 11 aromatic carbocycles. The minimum absolute atomic E-state index is 0.215. The van der Waals surface area contributed by atoms with Crippen LogP contribution in [0, 0.1) is 11.6 Å². The molecule has 0 saturated carbocycles. The van der Waals surface area contributed by atoms with Crippen LogP contribution in [-0.4, -0.2) is 0 Å². The normalized spacial score (nSPS) is 14.2. The Morgan fingerprint density at radius 1 is 0.359 bits per heavy atom. The Hall–Kier alpha value is -7.94. The van der Waals surface area contributed by atoms with E-state index in [0.29, 0.717) is 5.92 Å². The molecule has 2 heteroatoms. The molecule has 0 N–H and O–H groups in total. The second-order valence-corrected chi connectivity index (χ2v) is 17.4. The van der Waals surface area contributed by atoms with Crippen molar-refractivity contribution < 1.29 is 8.78 Å². The van der Waals surface area contributed by atoms with Gasteiger partial charge in [0.05, 0.1) is 0 Å². The predicted molar refractivity (Wildman–Crippen MR) is 265 cm³/mol. The van der Waals surface area contributed by atoms with Crippen molar-refractivity contribution in [1.29, 1.82) is 0 Å². The Morgan fingerprint density at radius 3 is 1.38 bits per heavy atom. The van der Waals surface area contributed by atoms with E-state index < -0.39 is 0 Å². The summed E-state index contributed by atoms with van der Waals surface area (Å²) in [6, 6.07) is 67.3. The SMILES string of the molecule is Fc1ccc(C2=CCC3C=Cc4c(-c5cccc(-c6cccc(-c7cccc(-c8ccc9ccc%10c(-c%11ccc(F)cc%11)ccc%11ccc8c9c%11%10)c7)c6)c5)ccc5ccc2c3c45)cc1. The fraction of sp³-hybridized carbons (Fsp3) is 0.0323. The van der Waals surface area contributed by atoms with Crippen LogP contribution in [0.2, 0.25) is 0 Å². The van der Waals surface area contributed by atoms with E-state index in [4.69, 9.17) is 0 Å². The molecule has 0 aliphatic heterocycles. The first-order chi connectivity index (χ1) is 31.5. The van der Waals surface area contributed by atoms with Gasteiger partial charge >= 0.3 is 0 Å². The summed E-state index contributed by atoms with van der Waals surface area (Å²) in [4.78, 5) is 0. The molecule has 0 aromatic heterocycles. The van der Waals surface area contributed by atoms with E-state index in [1.54, 1.807) is 12.1 Å². The first kappa shape index (κ1) is 36.7. The minimum Gasteiger partial charge on any atom is -0.207 e. The molecule has 11 aromatic rings. The van der Waals surface area contributed by atoms with E-state index in [2.05, 4.69) is 164 Å². The molecule has 0 bridgehead atoms. The predicted octanol–water partition coefficient (Wildman–Crippen LogP) is 17.3. The van der Waals surface area contributed by atoms with Crippen LogP contribution in [0.25, 0.3) is 110 Å². The fourth-order valence-electron chi connectivity index (χ4n) is 10.8. The first-order valence-electron chi connectivity index (χ1n) is 22.0. The highest BCUT2D eigenvalue weighted by Crippen LogP contribution is 2.49. The summed E-state index contributed by atoms with van der Waals surface area (Å²) in [5.41, 5.74) is 17.7. The Bertz CT molecular complexity index is 3760. The lowest BCUT2D eigenvalue weighted by Gasteiger charge is -2.30. The maximum atomic E-state index is 13.9. The summed E-state index contributed by atoms with van der Waals surface area (Å²) in [5, 5.41) is 9.87. The van der Waals surface area contributed by atoms with Gasteiger partial charge in [0.1, 0.15) is 11.6 Å². The van der Waals surface area contributed by atoms with Crippen molar-refractivity contribution >= 4 is 54.7 Å². The number of hydrogen-bond donors (Lipinski definition) is 0. The van der Waals surface area contributed by atoms with E-state index in [-0.39, 0.29) is 11.6 Å². The Labute approximate surface area is 370 Å². The van der Waals surface area contributed by atoms with Gasteiger partial charge in [-0.05, 0) is 175 Å². The van der Waals surface area contributed by atoms with Crippen molar-refractivity contribution in [1.82, 2.24) is 0 Å². The summed E-state index contributed by atoms with van der Waals surface area (Å²) < 4.78 is 27.8. The van der Waals surface area contributed by atoms with Gasteiger partial charge < -0.3 is 0 Å². The van der Waals surface area contributed by atoms with Gasteiger partial charge in [0.25, 0.3) is 0 Å². The highest BCUT2D eigenvalue weighted by atomic mass is 19.1. The summed E-state index contributed by atoms with van der Waals surface area (Å²) in [6.45, 7) is 0. The molecule has 2 aliphatic carbocycles. The molecule has 1 atom stereocenters. The molecule has 0 radical (unpaired) electrons. The Balaban J connectivity index is 0.865. The summed E-state index contributed by atoms with van der Waals surface area (Å²) >= 11 is 0. The highest BCUT2D eigenvalue weighted by Gasteiger charge is 2.28. The monoisotopic (exact) mass is 820 g/mol. The van der Waals surface area contributed by atoms with Crippen molar-refractivity contribution in [2.24, 2.45) is 0 Å². The van der Waals surface area contributed by atoms with Crippen LogP contribution in [0.1, 0.15) is 34.6 Å². The second-order valence-electron chi connectivity index (χ2n) is 17.4. The van der Waals surface area contributed by atoms with Gasteiger partial charge in [-0.3, -0.25) is 0 Å². The van der Waals surface area contributed by atoms with Gasteiger partial charge in [-0.25, -0.2) is 8.78 Å². The molecule has 300 valence electrons. The molecular weight excluding hydrogens is 783 g/mol. The number of allylic oxidation sites excluding steroid dienone is 2. The van der Waals surface area contributed by atoms with Gasteiger partial charge in [0, 0.05) is 5.92 Å². The number of rotatable bonds is 6. The van der Waals surface area contributed by atoms with E-state index in [0.717, 1.165) is 34.2 Å². The van der Waals surface area contributed by atoms with Crippen LogP contribution >= 0.6 is 0 Å². The number of halogens is 2. The summed E-state index contributed by atoms with van der Waals surface area (Å²) in [5.74, 6) is -0.130. The third kappa shape index (κ3) is 5.80. The highest BCUT2D eigenvalue weighted by molar-refractivity contribution is 6.27. The average molecular weight is 821 g/mol. The van der Waals surface area contributed by atoms with Crippen LogP contribution < -0.4 is 0 Å². The zero-order chi connectivity index (χ0) is 42.5. The lowest BCUT2D eigenvalue weighted by atomic mass is 9.74. The van der Waals surface area contributed by atoms with Gasteiger partial charge in [-0.15, -0.1) is 0 Å². The molecule has 0 saturated heterocycles. The Morgan fingerprint density at radius 2 is 0.797 bits per heavy atom. The van der Waals surface area contributed by atoms with Crippen LogP contribution in [0.15, 0.2) is 206 Å². The molecule has 1 unspecified atom stereocenters. The molecule has 2 aliphatic rings. The van der Waals surface area contributed by atoms with Crippen molar-refractivity contribution in [2.45, 2.75) is 12.3 Å². The van der Waals surface area contributed by atoms with E-state index >= 15 is 0 Å². The molecule has 0 fully saturated rings. The summed E-state index contributed by atoms with van der Waals surface area (Å²) in [7, 11) is 0. The van der Waals surface area contributed by atoms with Crippen LogP contribution in [0.4, 0.5) is 8.78 Å². The molecular formula is C62H38F2. The average Bonchev–Trinajstić information content (AvgIpc) is 3.35. The van der Waals surface area contributed by atoms with Gasteiger partial charge in [-0.2, -0.15) is 0 Å². The minimum atomic E-state index is -0.229. The first-order valence-corrected chi connectivity index (χ1v) is 22.0. The number of benzene rings is 11. The van der Waals surface area contributed by atoms with Crippen molar-refractivity contribution in [2.75, 3.05) is 0 Å². The van der Waals surface area contributed by atoms with Gasteiger partial charge in [0.2, 0.25) is 0 Å². The smallest absolute Gasteiger partial charge is 0.123 e. The van der Waals surface area contributed by atoms with Crippen LogP contribution in [-0.2, 0) is 0 Å². The molecule has 13 rings (SSSR count). The van der Waals surface area contributed by atoms with E-state index in [9.17, 15) is 8.78 Å². The largest absolute Gasteiger partial charge is 0.207 e. The van der Waals surface area contributed by atoms with Crippen LogP contribution in [0.5, 0.6) is 0 Å². The fourth-order valence-corrected chi connectivity index (χ4v) is 10.8. The Kier molecular flexibility index (Phi) is 8.20. The molecule has 0 spiro atoms. The number of hydrogen-bond acceptors (Lipinski definition) is 0. The molecule has 0 amide bonds. The maximum Gasteiger partial charge on any atom is 0.123 e. The maximum absolute atomic E-state index is 13.9. The van der Waals surface area contributed by atoms with E-state index in [1.165, 1.54) is 111 Å².